The van der Waals surface area contributed by atoms with Crippen molar-refractivity contribution in [1.82, 2.24) is 4.72 Å². The fraction of sp³-hybridized carbons (Fsp3) is 0.267. The van der Waals surface area contributed by atoms with E-state index in [1.165, 1.54) is 6.07 Å². The molecular weight excluding hydrogens is 447 g/mol. The lowest BCUT2D eigenvalue weighted by Crippen LogP contribution is -2.46. The van der Waals surface area contributed by atoms with Gasteiger partial charge in [-0.15, -0.1) is 11.3 Å². The molecule has 0 spiro atoms. The molecule has 0 bridgehead atoms. The van der Waals surface area contributed by atoms with Crippen LogP contribution in [0.1, 0.15) is 13.8 Å². The van der Waals surface area contributed by atoms with Crippen LogP contribution in [0.4, 0.5) is 5.69 Å². The number of thiophene rings is 1. The lowest BCUT2D eigenvalue weighted by Gasteiger charge is -2.21. The van der Waals surface area contributed by atoms with Crippen molar-refractivity contribution in [3.63, 3.8) is 0 Å². The fourth-order valence-electron chi connectivity index (χ4n) is 1.89. The average Bonchev–Trinajstić information content (AvgIpc) is 3.02. The Labute approximate surface area is 153 Å². The normalized spacial score (nSPS) is 13.0. The number of halogens is 1. The maximum Gasteiger partial charge on any atom is 0.250 e. The van der Waals surface area contributed by atoms with Crippen LogP contribution in [0.2, 0.25) is 0 Å². The molecule has 5 nitrogen and oxygen atoms in total. The zero-order chi connectivity index (χ0) is 17.0. The van der Waals surface area contributed by atoms with Gasteiger partial charge in [0.2, 0.25) is 5.91 Å². The number of carbonyl (C=O) groups is 1. The summed E-state index contributed by atoms with van der Waals surface area (Å²) < 4.78 is 28.4. The molecule has 0 aliphatic carbocycles. The molecular formula is C15H17IN2O3S2. The molecule has 0 radical (unpaired) electrons. The third-order valence-electron chi connectivity index (χ3n) is 3.10. The Morgan fingerprint density at radius 3 is 2.35 bits per heavy atom. The second kappa shape index (κ2) is 7.73. The van der Waals surface area contributed by atoms with Crippen molar-refractivity contribution in [1.29, 1.82) is 0 Å². The first-order valence-corrected chi connectivity index (χ1v) is 10.4. The molecule has 1 heterocycles. The summed E-state index contributed by atoms with van der Waals surface area (Å²) in [6, 6.07) is 9.64. The number of rotatable bonds is 6. The first kappa shape index (κ1) is 18.4. The summed E-state index contributed by atoms with van der Waals surface area (Å²) in [6.07, 6.45) is 0. The van der Waals surface area contributed by atoms with Crippen molar-refractivity contribution < 1.29 is 13.2 Å². The third-order valence-corrected chi connectivity index (χ3v) is 6.66. The fourth-order valence-corrected chi connectivity index (χ4v) is 4.60. The average molecular weight is 464 g/mol. The van der Waals surface area contributed by atoms with Crippen LogP contribution in [0.25, 0.3) is 0 Å². The SMILES string of the molecule is CC(C)[C@H](NS(=O)(=O)c1cccs1)C(=O)Nc1ccc(I)cc1. The highest BCUT2D eigenvalue weighted by Gasteiger charge is 2.28. The number of benzene rings is 1. The van der Waals surface area contributed by atoms with Crippen LogP contribution in [-0.2, 0) is 14.8 Å². The molecule has 0 unspecified atom stereocenters. The van der Waals surface area contributed by atoms with Crippen molar-refractivity contribution in [2.45, 2.75) is 24.1 Å². The summed E-state index contributed by atoms with van der Waals surface area (Å²) in [5.74, 6) is -0.560. The highest BCUT2D eigenvalue weighted by molar-refractivity contribution is 14.1. The summed E-state index contributed by atoms with van der Waals surface area (Å²) in [5.41, 5.74) is 0.636. The van der Waals surface area contributed by atoms with E-state index in [1.54, 1.807) is 37.4 Å². The van der Waals surface area contributed by atoms with Crippen LogP contribution >= 0.6 is 33.9 Å². The predicted octanol–water partition coefficient (Wildman–Crippen LogP) is 3.29. The van der Waals surface area contributed by atoms with Crippen LogP contribution < -0.4 is 10.0 Å². The van der Waals surface area contributed by atoms with Crippen LogP contribution in [0.3, 0.4) is 0 Å². The topological polar surface area (TPSA) is 75.3 Å². The zero-order valence-corrected chi connectivity index (χ0v) is 16.4. The predicted molar refractivity (Wildman–Crippen MR) is 101 cm³/mol. The third kappa shape index (κ3) is 5.00. The quantitative estimate of drug-likeness (QED) is 0.645. The minimum Gasteiger partial charge on any atom is -0.325 e. The summed E-state index contributed by atoms with van der Waals surface area (Å²) >= 11 is 3.29. The van der Waals surface area contributed by atoms with Gasteiger partial charge in [0.05, 0.1) is 0 Å². The first-order valence-electron chi connectivity index (χ1n) is 6.92. The Balaban J connectivity index is 2.15. The van der Waals surface area contributed by atoms with E-state index in [0.717, 1.165) is 14.9 Å². The van der Waals surface area contributed by atoms with E-state index >= 15 is 0 Å². The minimum atomic E-state index is -3.70. The monoisotopic (exact) mass is 464 g/mol. The maximum absolute atomic E-state index is 12.4. The maximum atomic E-state index is 12.4. The number of carbonyl (C=O) groups excluding carboxylic acids is 1. The number of anilines is 1. The van der Waals surface area contributed by atoms with Gasteiger partial charge in [-0.25, -0.2) is 8.42 Å². The smallest absolute Gasteiger partial charge is 0.250 e. The minimum absolute atomic E-state index is 0.186. The molecule has 0 saturated carbocycles. The van der Waals surface area contributed by atoms with Gasteiger partial charge in [-0.2, -0.15) is 4.72 Å². The standard InChI is InChI=1S/C15H17IN2O3S2/c1-10(2)14(18-23(20,21)13-4-3-9-22-13)15(19)17-12-7-5-11(16)6-8-12/h3-10,14,18H,1-2H3,(H,17,19)/t14-/m0/s1. The Hall–Kier alpha value is -0.970. The van der Waals surface area contributed by atoms with Gasteiger partial charge in [-0.3, -0.25) is 4.79 Å². The second-order valence-corrected chi connectivity index (χ2v) is 9.41. The number of amides is 1. The van der Waals surface area contributed by atoms with Gasteiger partial charge in [-0.1, -0.05) is 19.9 Å². The van der Waals surface area contributed by atoms with Gasteiger partial charge in [0.25, 0.3) is 10.0 Å². The first-order chi connectivity index (χ1) is 10.8. The van der Waals surface area contributed by atoms with Crippen molar-refractivity contribution in [3.05, 3.63) is 45.3 Å². The van der Waals surface area contributed by atoms with E-state index < -0.39 is 16.1 Å². The molecule has 0 fully saturated rings. The molecule has 1 amide bonds. The van der Waals surface area contributed by atoms with E-state index in [9.17, 15) is 13.2 Å². The Morgan fingerprint density at radius 2 is 1.83 bits per heavy atom. The molecule has 1 aromatic carbocycles. The van der Waals surface area contributed by atoms with Gasteiger partial charge in [-0.05, 0) is 64.2 Å². The summed E-state index contributed by atoms with van der Waals surface area (Å²) in [4.78, 5) is 12.4. The van der Waals surface area contributed by atoms with Crippen molar-refractivity contribution in [2.24, 2.45) is 5.92 Å². The van der Waals surface area contributed by atoms with E-state index in [-0.39, 0.29) is 16.0 Å². The van der Waals surface area contributed by atoms with Crippen LogP contribution in [0.15, 0.2) is 46.0 Å². The Bertz CT molecular complexity index is 757. The van der Waals surface area contributed by atoms with Crippen molar-refractivity contribution in [3.8, 4) is 0 Å². The van der Waals surface area contributed by atoms with Crippen LogP contribution in [0.5, 0.6) is 0 Å². The number of nitrogens with one attached hydrogen (secondary N) is 2. The zero-order valence-electron chi connectivity index (χ0n) is 12.6. The molecule has 1 aromatic heterocycles. The van der Waals surface area contributed by atoms with Gasteiger partial charge in [0.15, 0.2) is 0 Å². The summed E-state index contributed by atoms with van der Waals surface area (Å²) in [7, 11) is -3.70. The summed E-state index contributed by atoms with van der Waals surface area (Å²) in [5, 5.41) is 4.44. The Kier molecular flexibility index (Phi) is 6.18. The van der Waals surface area contributed by atoms with Gasteiger partial charge in [0, 0.05) is 9.26 Å². The number of hydrogen-bond donors (Lipinski definition) is 2. The molecule has 23 heavy (non-hydrogen) atoms. The molecule has 8 heteroatoms. The second-order valence-electron chi connectivity index (χ2n) is 5.27. The van der Waals surface area contributed by atoms with Crippen molar-refractivity contribution in [2.75, 3.05) is 5.32 Å². The van der Waals surface area contributed by atoms with Gasteiger partial charge in [0.1, 0.15) is 10.3 Å². The van der Waals surface area contributed by atoms with Crippen molar-refractivity contribution >= 4 is 55.5 Å². The van der Waals surface area contributed by atoms with E-state index in [4.69, 9.17) is 0 Å². The van der Waals surface area contributed by atoms with Crippen LogP contribution in [-0.4, -0.2) is 20.4 Å². The van der Waals surface area contributed by atoms with E-state index in [0.29, 0.717) is 5.69 Å². The molecule has 0 aliphatic heterocycles. The highest BCUT2D eigenvalue weighted by atomic mass is 127. The summed E-state index contributed by atoms with van der Waals surface area (Å²) in [6.45, 7) is 3.60. The van der Waals surface area contributed by atoms with Gasteiger partial charge < -0.3 is 5.32 Å². The number of hydrogen-bond acceptors (Lipinski definition) is 4. The molecule has 2 N–H and O–H groups in total. The lowest BCUT2D eigenvalue weighted by molar-refractivity contribution is -0.118. The molecule has 124 valence electrons. The molecule has 0 saturated heterocycles. The molecule has 1 atom stereocenters. The van der Waals surface area contributed by atoms with E-state index in [1.807, 2.05) is 12.1 Å². The Morgan fingerprint density at radius 1 is 1.17 bits per heavy atom. The number of sulfonamides is 1. The highest BCUT2D eigenvalue weighted by Crippen LogP contribution is 2.18. The van der Waals surface area contributed by atoms with Crippen LogP contribution in [0, 0.1) is 9.49 Å². The van der Waals surface area contributed by atoms with Gasteiger partial charge >= 0.3 is 0 Å². The molecule has 0 aliphatic rings. The lowest BCUT2D eigenvalue weighted by atomic mass is 10.0. The largest absolute Gasteiger partial charge is 0.325 e. The van der Waals surface area contributed by atoms with E-state index in [2.05, 4.69) is 32.6 Å². The molecule has 2 rings (SSSR count). The molecule has 2 aromatic rings.